The van der Waals surface area contributed by atoms with Crippen molar-refractivity contribution < 1.29 is 4.79 Å². The SMILES string of the molecule is C[C@@H](CCc1ccccc1)NC(=O)Nc1cccnc1. The Hall–Kier alpha value is -2.36. The number of aryl methyl sites for hydroxylation is 1. The maximum atomic E-state index is 11.8. The number of nitrogens with zero attached hydrogens (tertiary/aromatic N) is 1. The standard InChI is InChI=1S/C16H19N3O/c1-13(9-10-14-6-3-2-4-7-14)18-16(20)19-15-8-5-11-17-12-15/h2-8,11-13H,9-10H2,1H3,(H2,18,19,20)/t13-/m0/s1. The average molecular weight is 269 g/mol. The molecule has 0 bridgehead atoms. The number of hydrogen-bond acceptors (Lipinski definition) is 2. The smallest absolute Gasteiger partial charge is 0.319 e. The second-order valence-corrected chi connectivity index (χ2v) is 4.77. The van der Waals surface area contributed by atoms with Crippen LogP contribution in [0.2, 0.25) is 0 Å². The molecule has 2 N–H and O–H groups in total. The first-order chi connectivity index (χ1) is 9.74. The van der Waals surface area contributed by atoms with Crippen molar-refractivity contribution in [1.29, 1.82) is 0 Å². The van der Waals surface area contributed by atoms with Gasteiger partial charge in [-0.1, -0.05) is 30.3 Å². The van der Waals surface area contributed by atoms with Crippen molar-refractivity contribution in [1.82, 2.24) is 10.3 Å². The lowest BCUT2D eigenvalue weighted by Crippen LogP contribution is -2.36. The van der Waals surface area contributed by atoms with E-state index in [-0.39, 0.29) is 12.1 Å². The molecule has 0 aliphatic heterocycles. The minimum absolute atomic E-state index is 0.117. The summed E-state index contributed by atoms with van der Waals surface area (Å²) in [6.07, 6.45) is 5.15. The van der Waals surface area contributed by atoms with Crippen molar-refractivity contribution in [2.24, 2.45) is 0 Å². The number of pyridine rings is 1. The van der Waals surface area contributed by atoms with Crippen LogP contribution in [0.25, 0.3) is 0 Å². The summed E-state index contributed by atoms with van der Waals surface area (Å²) in [5.74, 6) is 0. The molecule has 4 heteroatoms. The molecule has 1 aromatic carbocycles. The molecule has 20 heavy (non-hydrogen) atoms. The lowest BCUT2D eigenvalue weighted by atomic mass is 10.1. The highest BCUT2D eigenvalue weighted by Crippen LogP contribution is 2.06. The summed E-state index contributed by atoms with van der Waals surface area (Å²) in [7, 11) is 0. The zero-order valence-electron chi connectivity index (χ0n) is 11.5. The van der Waals surface area contributed by atoms with Crippen LogP contribution < -0.4 is 10.6 Å². The number of aromatic nitrogens is 1. The lowest BCUT2D eigenvalue weighted by Gasteiger charge is -2.14. The number of carbonyl (C=O) groups is 1. The van der Waals surface area contributed by atoms with Crippen molar-refractivity contribution >= 4 is 11.7 Å². The van der Waals surface area contributed by atoms with Gasteiger partial charge in [0, 0.05) is 12.2 Å². The van der Waals surface area contributed by atoms with Crippen LogP contribution in [-0.2, 0) is 6.42 Å². The Morgan fingerprint density at radius 3 is 2.70 bits per heavy atom. The van der Waals surface area contributed by atoms with E-state index in [1.165, 1.54) is 5.56 Å². The van der Waals surface area contributed by atoms with Crippen molar-refractivity contribution in [2.75, 3.05) is 5.32 Å². The minimum Gasteiger partial charge on any atom is -0.335 e. The van der Waals surface area contributed by atoms with E-state index >= 15 is 0 Å². The molecule has 1 atom stereocenters. The Morgan fingerprint density at radius 1 is 1.20 bits per heavy atom. The molecule has 0 saturated heterocycles. The van der Waals surface area contributed by atoms with Gasteiger partial charge >= 0.3 is 6.03 Å². The maximum Gasteiger partial charge on any atom is 0.319 e. The second-order valence-electron chi connectivity index (χ2n) is 4.77. The predicted octanol–water partition coefficient (Wildman–Crippen LogP) is 3.22. The summed E-state index contributed by atoms with van der Waals surface area (Å²) in [5.41, 5.74) is 1.98. The molecule has 2 amide bonds. The van der Waals surface area contributed by atoms with Crippen molar-refractivity contribution in [2.45, 2.75) is 25.8 Å². The van der Waals surface area contributed by atoms with Crippen LogP contribution in [0.5, 0.6) is 0 Å². The Balaban J connectivity index is 1.74. The van der Waals surface area contributed by atoms with Crippen molar-refractivity contribution in [3.8, 4) is 0 Å². The maximum absolute atomic E-state index is 11.8. The first-order valence-electron chi connectivity index (χ1n) is 6.75. The molecular formula is C16H19N3O. The normalized spacial score (nSPS) is 11.7. The quantitative estimate of drug-likeness (QED) is 0.875. The number of anilines is 1. The number of benzene rings is 1. The van der Waals surface area contributed by atoms with E-state index in [4.69, 9.17) is 0 Å². The van der Waals surface area contributed by atoms with Gasteiger partial charge in [0.2, 0.25) is 0 Å². The van der Waals surface area contributed by atoms with Gasteiger partial charge in [0.1, 0.15) is 0 Å². The number of amides is 2. The van der Waals surface area contributed by atoms with E-state index in [2.05, 4.69) is 27.8 Å². The van der Waals surface area contributed by atoms with Gasteiger partial charge in [-0.15, -0.1) is 0 Å². The van der Waals surface area contributed by atoms with Gasteiger partial charge in [0.15, 0.2) is 0 Å². The third kappa shape index (κ3) is 4.72. The molecule has 0 radical (unpaired) electrons. The van der Waals surface area contributed by atoms with Crippen LogP contribution >= 0.6 is 0 Å². The monoisotopic (exact) mass is 269 g/mol. The molecular weight excluding hydrogens is 250 g/mol. The summed E-state index contributed by atoms with van der Waals surface area (Å²) in [5, 5.41) is 5.68. The van der Waals surface area contributed by atoms with Gasteiger partial charge in [-0.25, -0.2) is 4.79 Å². The number of urea groups is 1. The molecule has 0 spiro atoms. The second kappa shape index (κ2) is 7.28. The lowest BCUT2D eigenvalue weighted by molar-refractivity contribution is 0.248. The van der Waals surface area contributed by atoms with Gasteiger partial charge in [0.25, 0.3) is 0 Å². The summed E-state index contributed by atoms with van der Waals surface area (Å²) < 4.78 is 0. The molecule has 0 aliphatic rings. The molecule has 0 unspecified atom stereocenters. The third-order valence-corrected chi connectivity index (χ3v) is 3.01. The molecule has 0 saturated carbocycles. The van der Waals surface area contributed by atoms with Crippen LogP contribution in [-0.4, -0.2) is 17.1 Å². The summed E-state index contributed by atoms with van der Waals surface area (Å²) in [6.45, 7) is 2.01. The summed E-state index contributed by atoms with van der Waals surface area (Å²) in [6, 6.07) is 13.8. The van der Waals surface area contributed by atoms with E-state index in [1.807, 2.05) is 25.1 Å². The number of nitrogens with one attached hydrogen (secondary N) is 2. The summed E-state index contributed by atoms with van der Waals surface area (Å²) in [4.78, 5) is 15.7. The van der Waals surface area contributed by atoms with Gasteiger partial charge in [-0.2, -0.15) is 0 Å². The van der Waals surface area contributed by atoms with Crippen LogP contribution in [0, 0.1) is 0 Å². The first kappa shape index (κ1) is 14.1. The Labute approximate surface area is 119 Å². The van der Waals surface area contributed by atoms with Crippen LogP contribution in [0.4, 0.5) is 10.5 Å². The predicted molar refractivity (Wildman–Crippen MR) is 80.6 cm³/mol. The fourth-order valence-corrected chi connectivity index (χ4v) is 1.93. The van der Waals surface area contributed by atoms with Crippen molar-refractivity contribution in [3.05, 3.63) is 60.4 Å². The molecule has 4 nitrogen and oxygen atoms in total. The molecule has 104 valence electrons. The molecule has 0 aliphatic carbocycles. The van der Waals surface area contributed by atoms with E-state index in [9.17, 15) is 4.79 Å². The molecule has 1 heterocycles. The average Bonchev–Trinajstić information content (AvgIpc) is 2.47. The minimum atomic E-state index is -0.196. The van der Waals surface area contributed by atoms with Gasteiger partial charge in [-0.05, 0) is 37.5 Å². The fraction of sp³-hybridized carbons (Fsp3) is 0.250. The van der Waals surface area contributed by atoms with Crippen LogP contribution in [0.1, 0.15) is 18.9 Å². The summed E-state index contributed by atoms with van der Waals surface area (Å²) >= 11 is 0. The first-order valence-corrected chi connectivity index (χ1v) is 6.75. The van der Waals surface area contributed by atoms with Gasteiger partial charge < -0.3 is 10.6 Å². The zero-order valence-corrected chi connectivity index (χ0v) is 11.5. The fourth-order valence-electron chi connectivity index (χ4n) is 1.93. The number of hydrogen-bond donors (Lipinski definition) is 2. The molecule has 2 aromatic rings. The van der Waals surface area contributed by atoms with E-state index in [1.54, 1.807) is 24.5 Å². The van der Waals surface area contributed by atoms with E-state index in [0.29, 0.717) is 5.69 Å². The largest absolute Gasteiger partial charge is 0.335 e. The highest BCUT2D eigenvalue weighted by molar-refractivity contribution is 5.89. The Morgan fingerprint density at radius 2 is 2.00 bits per heavy atom. The topological polar surface area (TPSA) is 54.0 Å². The van der Waals surface area contributed by atoms with Gasteiger partial charge in [-0.3, -0.25) is 4.98 Å². The number of rotatable bonds is 5. The molecule has 2 rings (SSSR count). The Bertz CT molecular complexity index is 528. The molecule has 1 aromatic heterocycles. The van der Waals surface area contributed by atoms with E-state index in [0.717, 1.165) is 12.8 Å². The highest BCUT2D eigenvalue weighted by Gasteiger charge is 2.07. The number of carbonyl (C=O) groups excluding carboxylic acids is 1. The molecule has 0 fully saturated rings. The van der Waals surface area contributed by atoms with Crippen LogP contribution in [0.15, 0.2) is 54.9 Å². The van der Waals surface area contributed by atoms with Crippen LogP contribution in [0.3, 0.4) is 0 Å². The van der Waals surface area contributed by atoms with Gasteiger partial charge in [0.05, 0.1) is 11.9 Å². The third-order valence-electron chi connectivity index (χ3n) is 3.01. The highest BCUT2D eigenvalue weighted by atomic mass is 16.2. The van der Waals surface area contributed by atoms with E-state index < -0.39 is 0 Å². The zero-order chi connectivity index (χ0) is 14.2. The van der Waals surface area contributed by atoms with Crippen molar-refractivity contribution in [3.63, 3.8) is 0 Å². The Kier molecular flexibility index (Phi) is 5.12.